The molecule has 0 saturated carbocycles. The van der Waals surface area contributed by atoms with Crippen molar-refractivity contribution in [1.29, 1.82) is 0 Å². The molecule has 0 aliphatic rings. The highest BCUT2D eigenvalue weighted by Gasteiger charge is 2.04. The number of ether oxygens (including phenoxy) is 1. The second kappa shape index (κ2) is 5.99. The largest absolute Gasteiger partial charge is 0.485 e. The quantitative estimate of drug-likeness (QED) is 0.857. The van der Waals surface area contributed by atoms with Gasteiger partial charge in [-0.05, 0) is 41.6 Å². The predicted octanol–water partition coefficient (Wildman–Crippen LogP) is 3.01. The molecule has 0 aliphatic heterocycles. The van der Waals surface area contributed by atoms with Gasteiger partial charge < -0.3 is 10.1 Å². The molecule has 0 saturated heterocycles. The molecule has 1 aromatic carbocycles. The van der Waals surface area contributed by atoms with Crippen LogP contribution < -0.4 is 10.1 Å². The molecule has 0 bridgehead atoms. The van der Waals surface area contributed by atoms with E-state index in [2.05, 4.69) is 37.9 Å². The van der Waals surface area contributed by atoms with Crippen LogP contribution in [-0.2, 0) is 6.61 Å². The molecule has 0 unspecified atom stereocenters. The number of hydrogen-bond acceptors (Lipinski definition) is 4. The third-order valence-corrected chi connectivity index (χ3v) is 3.24. The Hall–Kier alpha value is -1.37. The third kappa shape index (κ3) is 3.32. The average molecular weight is 355 g/mol. The lowest BCUT2D eigenvalue weighted by Gasteiger charge is -2.08. The van der Waals surface area contributed by atoms with Crippen molar-refractivity contribution in [2.24, 2.45) is 0 Å². The number of benzene rings is 1. The molecule has 18 heavy (non-hydrogen) atoms. The Kier molecular flexibility index (Phi) is 4.35. The number of nitrogens with one attached hydrogen (secondary N) is 1. The van der Waals surface area contributed by atoms with Gasteiger partial charge in [0.15, 0.2) is 5.82 Å². The molecule has 1 heterocycles. The first kappa shape index (κ1) is 13.1. The highest BCUT2D eigenvalue weighted by molar-refractivity contribution is 14.1. The van der Waals surface area contributed by atoms with E-state index in [1.165, 1.54) is 0 Å². The van der Waals surface area contributed by atoms with Gasteiger partial charge in [0.1, 0.15) is 18.2 Å². The maximum atomic E-state index is 5.72. The maximum Gasteiger partial charge on any atom is 0.168 e. The number of rotatable bonds is 4. The third-order valence-electron chi connectivity index (χ3n) is 2.35. The lowest BCUT2D eigenvalue weighted by atomic mass is 10.3. The second-order valence-electron chi connectivity index (χ2n) is 3.78. The van der Waals surface area contributed by atoms with Crippen molar-refractivity contribution in [3.05, 3.63) is 45.4 Å². The van der Waals surface area contributed by atoms with E-state index >= 15 is 0 Å². The van der Waals surface area contributed by atoms with Gasteiger partial charge in [-0.3, -0.25) is 0 Å². The first-order chi connectivity index (χ1) is 8.69. The summed E-state index contributed by atoms with van der Waals surface area (Å²) >= 11 is 2.25. The van der Waals surface area contributed by atoms with E-state index in [4.69, 9.17) is 4.74 Å². The normalized spacial score (nSPS) is 10.2. The zero-order valence-electron chi connectivity index (χ0n) is 10.3. The van der Waals surface area contributed by atoms with Crippen molar-refractivity contribution in [3.8, 4) is 5.75 Å². The van der Waals surface area contributed by atoms with Crippen LogP contribution in [-0.4, -0.2) is 17.0 Å². The SMILES string of the molecule is CNc1cc(C)nc(COc2ccccc2I)n1. The van der Waals surface area contributed by atoms with Crippen LogP contribution in [0.25, 0.3) is 0 Å². The van der Waals surface area contributed by atoms with Gasteiger partial charge in [0.05, 0.1) is 3.57 Å². The van der Waals surface area contributed by atoms with Gasteiger partial charge in [-0.1, -0.05) is 12.1 Å². The molecule has 0 amide bonds. The van der Waals surface area contributed by atoms with Crippen molar-refractivity contribution < 1.29 is 4.74 Å². The maximum absolute atomic E-state index is 5.72. The van der Waals surface area contributed by atoms with Crippen LogP contribution >= 0.6 is 22.6 Å². The number of aryl methyl sites for hydroxylation is 1. The Balaban J connectivity index is 2.11. The standard InChI is InChI=1S/C13H14IN3O/c1-9-7-12(15-2)17-13(16-9)8-18-11-6-4-3-5-10(11)14/h3-7H,8H2,1-2H3,(H,15,16,17). The van der Waals surface area contributed by atoms with Crippen molar-refractivity contribution in [3.63, 3.8) is 0 Å². The lowest BCUT2D eigenvalue weighted by Crippen LogP contribution is -2.05. The van der Waals surface area contributed by atoms with E-state index in [1.807, 2.05) is 44.3 Å². The summed E-state index contributed by atoms with van der Waals surface area (Å²) in [4.78, 5) is 8.70. The lowest BCUT2D eigenvalue weighted by molar-refractivity contribution is 0.293. The Morgan fingerprint density at radius 1 is 1.28 bits per heavy atom. The van der Waals surface area contributed by atoms with Gasteiger partial charge in [0, 0.05) is 18.8 Å². The summed E-state index contributed by atoms with van der Waals surface area (Å²) in [6, 6.07) is 9.78. The van der Waals surface area contributed by atoms with Crippen LogP contribution in [0.4, 0.5) is 5.82 Å². The smallest absolute Gasteiger partial charge is 0.168 e. The first-order valence-corrected chi connectivity index (χ1v) is 6.66. The minimum atomic E-state index is 0.371. The molecule has 2 aromatic rings. The van der Waals surface area contributed by atoms with Gasteiger partial charge in [-0.25, -0.2) is 9.97 Å². The van der Waals surface area contributed by atoms with Gasteiger partial charge in [0.2, 0.25) is 0 Å². The topological polar surface area (TPSA) is 47.0 Å². The monoisotopic (exact) mass is 355 g/mol. The van der Waals surface area contributed by atoms with Gasteiger partial charge in [-0.15, -0.1) is 0 Å². The Bertz CT molecular complexity index is 546. The predicted molar refractivity (Wildman–Crippen MR) is 79.8 cm³/mol. The zero-order valence-corrected chi connectivity index (χ0v) is 12.4. The summed E-state index contributed by atoms with van der Waals surface area (Å²) in [6.07, 6.45) is 0. The molecule has 0 radical (unpaired) electrons. The Morgan fingerprint density at radius 3 is 2.78 bits per heavy atom. The van der Waals surface area contributed by atoms with Crippen LogP contribution in [0.1, 0.15) is 11.5 Å². The molecular weight excluding hydrogens is 341 g/mol. The van der Waals surface area contributed by atoms with E-state index in [9.17, 15) is 0 Å². The molecule has 0 fully saturated rings. The minimum absolute atomic E-state index is 0.371. The van der Waals surface area contributed by atoms with Crippen molar-refractivity contribution in [1.82, 2.24) is 9.97 Å². The number of hydrogen-bond donors (Lipinski definition) is 1. The highest BCUT2D eigenvalue weighted by Crippen LogP contribution is 2.20. The molecule has 94 valence electrons. The second-order valence-corrected chi connectivity index (χ2v) is 4.94. The van der Waals surface area contributed by atoms with E-state index in [0.29, 0.717) is 12.4 Å². The minimum Gasteiger partial charge on any atom is -0.485 e. The summed E-state index contributed by atoms with van der Waals surface area (Å²) in [7, 11) is 1.84. The Labute approximate surface area is 120 Å². The average Bonchev–Trinajstić information content (AvgIpc) is 2.37. The zero-order chi connectivity index (χ0) is 13.0. The van der Waals surface area contributed by atoms with E-state index in [0.717, 1.165) is 20.8 Å². The van der Waals surface area contributed by atoms with Crippen molar-refractivity contribution in [2.45, 2.75) is 13.5 Å². The van der Waals surface area contributed by atoms with Crippen LogP contribution in [0.2, 0.25) is 0 Å². The van der Waals surface area contributed by atoms with Gasteiger partial charge in [0.25, 0.3) is 0 Å². The van der Waals surface area contributed by atoms with Gasteiger partial charge in [-0.2, -0.15) is 0 Å². The van der Waals surface area contributed by atoms with Gasteiger partial charge >= 0.3 is 0 Å². The molecule has 2 rings (SSSR count). The molecular formula is C13H14IN3O. The summed E-state index contributed by atoms with van der Waals surface area (Å²) < 4.78 is 6.80. The van der Waals surface area contributed by atoms with Crippen LogP contribution in [0.15, 0.2) is 30.3 Å². The van der Waals surface area contributed by atoms with E-state index in [1.54, 1.807) is 0 Å². The van der Waals surface area contributed by atoms with E-state index in [-0.39, 0.29) is 0 Å². The number of anilines is 1. The molecule has 5 heteroatoms. The van der Waals surface area contributed by atoms with Crippen LogP contribution in [0, 0.1) is 10.5 Å². The highest BCUT2D eigenvalue weighted by atomic mass is 127. The fourth-order valence-electron chi connectivity index (χ4n) is 1.53. The van der Waals surface area contributed by atoms with E-state index < -0.39 is 0 Å². The molecule has 0 atom stereocenters. The summed E-state index contributed by atoms with van der Waals surface area (Å²) in [5.74, 6) is 2.34. The van der Waals surface area contributed by atoms with Crippen molar-refractivity contribution >= 4 is 28.4 Å². The summed E-state index contributed by atoms with van der Waals surface area (Å²) in [6.45, 7) is 2.31. The fraction of sp³-hybridized carbons (Fsp3) is 0.231. The number of aromatic nitrogens is 2. The molecule has 1 N–H and O–H groups in total. The number of nitrogens with zero attached hydrogens (tertiary/aromatic N) is 2. The number of halogens is 1. The molecule has 0 spiro atoms. The Morgan fingerprint density at radius 2 is 2.06 bits per heavy atom. The molecule has 4 nitrogen and oxygen atoms in total. The molecule has 0 aliphatic carbocycles. The fourth-order valence-corrected chi connectivity index (χ4v) is 2.07. The van der Waals surface area contributed by atoms with Crippen LogP contribution in [0.5, 0.6) is 5.75 Å². The molecule has 1 aromatic heterocycles. The van der Waals surface area contributed by atoms with Crippen LogP contribution in [0.3, 0.4) is 0 Å². The summed E-state index contributed by atoms with van der Waals surface area (Å²) in [5.41, 5.74) is 0.927. The summed E-state index contributed by atoms with van der Waals surface area (Å²) in [5, 5.41) is 3.01. The number of para-hydroxylation sites is 1. The van der Waals surface area contributed by atoms with Crippen molar-refractivity contribution in [2.75, 3.05) is 12.4 Å². The first-order valence-electron chi connectivity index (χ1n) is 5.58.